The van der Waals surface area contributed by atoms with Crippen molar-refractivity contribution < 1.29 is 21.6 Å². The largest absolute Gasteiger partial charge is 0.364 e. The molecule has 10 nitrogen and oxygen atoms in total. The lowest BCUT2D eigenvalue weighted by Gasteiger charge is -2.38. The van der Waals surface area contributed by atoms with Gasteiger partial charge in [0.2, 0.25) is 15.2 Å². The second-order valence-corrected chi connectivity index (χ2v) is 13.4. The van der Waals surface area contributed by atoms with Crippen molar-refractivity contribution in [3.05, 3.63) is 22.7 Å². The van der Waals surface area contributed by atoms with Gasteiger partial charge in [-0.3, -0.25) is 4.57 Å². The van der Waals surface area contributed by atoms with Crippen LogP contribution in [-0.2, 0) is 10.0 Å². The molecule has 0 unspecified atom stereocenters. The Balaban J connectivity index is 1.62. The zero-order valence-corrected chi connectivity index (χ0v) is 22.9. The molecule has 0 bridgehead atoms. The summed E-state index contributed by atoms with van der Waals surface area (Å²) in [6.07, 6.45) is 0.409. The minimum atomic E-state index is -4.47. The maximum absolute atomic E-state index is 16.4. The van der Waals surface area contributed by atoms with E-state index in [1.54, 1.807) is 9.47 Å². The van der Waals surface area contributed by atoms with E-state index < -0.39 is 37.7 Å². The fourth-order valence-corrected chi connectivity index (χ4v) is 7.58. The molecule has 2 aliphatic carbocycles. The predicted molar refractivity (Wildman–Crippen MR) is 138 cm³/mol. The summed E-state index contributed by atoms with van der Waals surface area (Å²) in [4.78, 5) is 5.99. The molecule has 2 aromatic heterocycles. The SMILES string of the molecule is C[C@H]1CN(c2c(F)c(S(=O)(=O)NC3(C#N)CC3)cc3c2nc(C2CCC2)n3-c2nnc(C(F)F)s2)C[C@H](C)N1. The topological polar surface area (TPSA) is 129 Å². The molecule has 0 spiro atoms. The van der Waals surface area contributed by atoms with Crippen LogP contribution in [0.2, 0.25) is 0 Å². The van der Waals surface area contributed by atoms with Gasteiger partial charge in [0.25, 0.3) is 6.43 Å². The Morgan fingerprint density at radius 3 is 2.46 bits per heavy atom. The Morgan fingerprint density at radius 2 is 1.92 bits per heavy atom. The van der Waals surface area contributed by atoms with E-state index in [-0.39, 0.29) is 39.9 Å². The minimum absolute atomic E-state index is 0.0140. The van der Waals surface area contributed by atoms with Crippen LogP contribution in [0.15, 0.2) is 11.0 Å². The van der Waals surface area contributed by atoms with Gasteiger partial charge in [0.15, 0.2) is 10.8 Å². The molecule has 2 atom stereocenters. The molecule has 2 N–H and O–H groups in total. The van der Waals surface area contributed by atoms with Gasteiger partial charge in [0.1, 0.15) is 27.5 Å². The first kappa shape index (κ1) is 26.4. The number of piperazine rings is 1. The van der Waals surface area contributed by atoms with Gasteiger partial charge in [-0.05, 0) is 45.6 Å². The molecule has 2 saturated carbocycles. The van der Waals surface area contributed by atoms with Crippen LogP contribution in [0, 0.1) is 17.1 Å². The number of sulfonamides is 1. The number of anilines is 1. The third kappa shape index (κ3) is 4.56. The number of fused-ring (bicyclic) bond motifs is 1. The Labute approximate surface area is 227 Å². The van der Waals surface area contributed by atoms with Gasteiger partial charge < -0.3 is 10.2 Å². The zero-order chi connectivity index (χ0) is 27.7. The number of alkyl halides is 2. The van der Waals surface area contributed by atoms with Crippen LogP contribution in [0.3, 0.4) is 0 Å². The predicted octanol–water partition coefficient (Wildman–Crippen LogP) is 3.74. The lowest BCUT2D eigenvalue weighted by molar-refractivity contribution is 0.150. The zero-order valence-electron chi connectivity index (χ0n) is 21.3. The van der Waals surface area contributed by atoms with Crippen LogP contribution in [0.25, 0.3) is 16.2 Å². The summed E-state index contributed by atoms with van der Waals surface area (Å²) >= 11 is 0.688. The third-order valence-electron chi connectivity index (χ3n) is 7.59. The Morgan fingerprint density at radius 1 is 1.23 bits per heavy atom. The summed E-state index contributed by atoms with van der Waals surface area (Å²) in [7, 11) is -4.47. The van der Waals surface area contributed by atoms with Crippen LogP contribution in [0.1, 0.15) is 69.1 Å². The summed E-state index contributed by atoms with van der Waals surface area (Å²) in [5.74, 6) is -0.455. The molecule has 1 saturated heterocycles. The highest BCUT2D eigenvalue weighted by Gasteiger charge is 2.48. The molecule has 1 aromatic carbocycles. The summed E-state index contributed by atoms with van der Waals surface area (Å²) in [5.41, 5.74) is -0.745. The minimum Gasteiger partial charge on any atom is -0.364 e. The molecule has 3 fully saturated rings. The van der Waals surface area contributed by atoms with Crippen molar-refractivity contribution in [2.45, 2.75) is 80.8 Å². The number of rotatable bonds is 7. The maximum Gasteiger partial charge on any atom is 0.291 e. The first-order chi connectivity index (χ1) is 18.5. The molecule has 39 heavy (non-hydrogen) atoms. The molecule has 3 heterocycles. The fraction of sp³-hybridized carbons (Fsp3) is 0.583. The summed E-state index contributed by atoms with van der Waals surface area (Å²) < 4.78 is 74.3. The van der Waals surface area contributed by atoms with E-state index in [4.69, 9.17) is 4.98 Å². The van der Waals surface area contributed by atoms with Crippen molar-refractivity contribution in [1.82, 2.24) is 29.8 Å². The van der Waals surface area contributed by atoms with Gasteiger partial charge in [-0.15, -0.1) is 10.2 Å². The van der Waals surface area contributed by atoms with Crippen molar-refractivity contribution in [2.75, 3.05) is 18.0 Å². The number of hydrogen-bond acceptors (Lipinski definition) is 9. The Hall–Kier alpha value is -2.80. The van der Waals surface area contributed by atoms with Gasteiger partial charge in [-0.1, -0.05) is 17.8 Å². The van der Waals surface area contributed by atoms with E-state index in [9.17, 15) is 22.5 Å². The van der Waals surface area contributed by atoms with E-state index in [0.717, 1.165) is 19.3 Å². The Bertz CT molecular complexity index is 1580. The Kier molecular flexibility index (Phi) is 6.37. The van der Waals surface area contributed by atoms with E-state index >= 15 is 4.39 Å². The molecule has 3 aliphatic rings. The number of halogens is 3. The average Bonchev–Trinajstić information content (AvgIpc) is 3.24. The molecule has 3 aromatic rings. The van der Waals surface area contributed by atoms with Crippen molar-refractivity contribution in [3.63, 3.8) is 0 Å². The van der Waals surface area contributed by atoms with E-state index in [2.05, 4.69) is 20.2 Å². The van der Waals surface area contributed by atoms with Gasteiger partial charge in [0, 0.05) is 31.1 Å². The number of imidazole rings is 1. The average molecular weight is 581 g/mol. The van der Waals surface area contributed by atoms with Crippen molar-refractivity contribution in [3.8, 4) is 11.2 Å². The molecule has 1 aliphatic heterocycles. The van der Waals surface area contributed by atoms with Crippen molar-refractivity contribution in [1.29, 1.82) is 5.26 Å². The number of aromatic nitrogens is 4. The molecule has 15 heteroatoms. The van der Waals surface area contributed by atoms with Crippen LogP contribution >= 0.6 is 11.3 Å². The fourth-order valence-electron chi connectivity index (χ4n) is 5.38. The van der Waals surface area contributed by atoms with Gasteiger partial charge >= 0.3 is 0 Å². The highest BCUT2D eigenvalue weighted by atomic mass is 32.2. The van der Waals surface area contributed by atoms with Crippen molar-refractivity contribution in [2.24, 2.45) is 0 Å². The summed E-state index contributed by atoms with van der Waals surface area (Å²) in [6.45, 7) is 4.70. The van der Waals surface area contributed by atoms with E-state index in [1.807, 2.05) is 19.9 Å². The molecular formula is C24H27F3N8O2S2. The van der Waals surface area contributed by atoms with Crippen LogP contribution in [0.5, 0.6) is 0 Å². The quantitative estimate of drug-likeness (QED) is 0.433. The number of nitriles is 1. The normalized spacial score (nSPS) is 23.3. The molecule has 6 rings (SSSR count). The lowest BCUT2D eigenvalue weighted by atomic mass is 9.85. The summed E-state index contributed by atoms with van der Waals surface area (Å²) in [5, 5.41) is 20.1. The van der Waals surface area contributed by atoms with E-state index in [0.29, 0.717) is 43.1 Å². The second kappa shape index (κ2) is 9.39. The standard InChI is InChI=1S/C24H27F3N8O2S2/c1-12-9-34(10-13(2)29-12)19-17(25)16(39(36,37)33-24(11-28)6-7-24)8-15-18(19)30-21(14-4-3-5-14)35(15)23-32-31-22(38-23)20(26)27/h8,12-14,20,29,33H,3-7,9-10H2,1-2H3/t12-,13-/m0/s1. The number of nitrogens with one attached hydrogen (secondary N) is 2. The number of benzene rings is 1. The monoisotopic (exact) mass is 580 g/mol. The molecule has 208 valence electrons. The highest BCUT2D eigenvalue weighted by Crippen LogP contribution is 2.44. The maximum atomic E-state index is 16.4. The van der Waals surface area contributed by atoms with Gasteiger partial charge in [0.05, 0.1) is 11.6 Å². The lowest BCUT2D eigenvalue weighted by Crippen LogP contribution is -2.54. The smallest absolute Gasteiger partial charge is 0.291 e. The van der Waals surface area contributed by atoms with Gasteiger partial charge in [-0.2, -0.15) is 9.98 Å². The van der Waals surface area contributed by atoms with Crippen LogP contribution in [-0.4, -0.2) is 58.9 Å². The van der Waals surface area contributed by atoms with Gasteiger partial charge in [-0.25, -0.2) is 26.6 Å². The molecule has 0 radical (unpaired) electrons. The summed E-state index contributed by atoms with van der Waals surface area (Å²) in [6, 6.07) is 3.12. The van der Waals surface area contributed by atoms with Crippen LogP contribution < -0.4 is 14.9 Å². The first-order valence-electron chi connectivity index (χ1n) is 12.8. The van der Waals surface area contributed by atoms with Crippen LogP contribution in [0.4, 0.5) is 18.9 Å². The number of nitrogens with zero attached hydrogens (tertiary/aromatic N) is 6. The first-order valence-corrected chi connectivity index (χ1v) is 15.1. The molecular weight excluding hydrogens is 553 g/mol. The van der Waals surface area contributed by atoms with E-state index in [1.165, 1.54) is 6.07 Å². The number of hydrogen-bond donors (Lipinski definition) is 2. The third-order valence-corrected chi connectivity index (χ3v) is 10.0. The highest BCUT2D eigenvalue weighted by molar-refractivity contribution is 7.89. The van der Waals surface area contributed by atoms with Crippen molar-refractivity contribution >= 4 is 38.1 Å². The molecule has 0 amide bonds. The second-order valence-electron chi connectivity index (χ2n) is 10.7.